The van der Waals surface area contributed by atoms with Crippen molar-refractivity contribution in [1.29, 1.82) is 0 Å². The van der Waals surface area contributed by atoms with Gasteiger partial charge in [-0.1, -0.05) is 32.0 Å². The number of carbonyl (C=O) groups excluding carboxylic acids is 2. The molecule has 0 aliphatic carbocycles. The van der Waals surface area contributed by atoms with Crippen LogP contribution in [0.2, 0.25) is 0 Å². The third-order valence-corrected chi connectivity index (χ3v) is 6.95. The van der Waals surface area contributed by atoms with E-state index < -0.39 is 5.54 Å². The first kappa shape index (κ1) is 23.8. The van der Waals surface area contributed by atoms with E-state index in [0.717, 1.165) is 29.1 Å². The lowest BCUT2D eigenvalue weighted by atomic mass is 9.80. The highest BCUT2D eigenvalue weighted by Crippen LogP contribution is 2.49. The molecule has 1 unspecified atom stereocenters. The van der Waals surface area contributed by atoms with Gasteiger partial charge in [-0.25, -0.2) is 4.79 Å². The molecule has 3 aromatic rings. The van der Waals surface area contributed by atoms with E-state index in [-0.39, 0.29) is 25.0 Å². The van der Waals surface area contributed by atoms with Crippen LogP contribution >= 0.6 is 0 Å². The summed E-state index contributed by atoms with van der Waals surface area (Å²) in [5.41, 5.74) is 2.20. The van der Waals surface area contributed by atoms with E-state index >= 15 is 0 Å². The zero-order valence-electron chi connectivity index (χ0n) is 20.9. The zero-order chi connectivity index (χ0) is 25.3. The average molecular weight is 486 g/mol. The largest absolute Gasteiger partial charge is 0.497 e. The second kappa shape index (κ2) is 9.60. The lowest BCUT2D eigenvalue weighted by Gasteiger charge is -2.45. The Balaban J connectivity index is 1.64. The van der Waals surface area contributed by atoms with Crippen molar-refractivity contribution >= 4 is 17.6 Å². The Hall–Kier alpha value is -3.94. The number of carbonyl (C=O) groups is 2. The van der Waals surface area contributed by atoms with Crippen molar-refractivity contribution in [3.63, 3.8) is 0 Å². The number of benzene rings is 1. The summed E-state index contributed by atoms with van der Waals surface area (Å²) in [7, 11) is 1.64. The van der Waals surface area contributed by atoms with Crippen molar-refractivity contribution in [1.82, 2.24) is 19.8 Å². The minimum absolute atomic E-state index is 0.130. The first-order chi connectivity index (χ1) is 17.4. The highest BCUT2D eigenvalue weighted by molar-refractivity contribution is 6.08. The fourth-order valence-electron chi connectivity index (χ4n) is 5.34. The molecule has 0 saturated carbocycles. The van der Waals surface area contributed by atoms with Crippen LogP contribution in [-0.4, -0.2) is 51.9 Å². The summed E-state index contributed by atoms with van der Waals surface area (Å²) >= 11 is 0. The summed E-state index contributed by atoms with van der Waals surface area (Å²) in [6, 6.07) is 14.8. The highest BCUT2D eigenvalue weighted by atomic mass is 16.5. The Bertz CT molecular complexity index is 1250. The van der Waals surface area contributed by atoms with Crippen molar-refractivity contribution in [2.24, 2.45) is 5.92 Å². The molecule has 1 atom stereocenters. The maximum Gasteiger partial charge on any atom is 0.328 e. The Morgan fingerprint density at radius 3 is 2.61 bits per heavy atom. The first-order valence-corrected chi connectivity index (χ1v) is 12.3. The van der Waals surface area contributed by atoms with Gasteiger partial charge in [0.15, 0.2) is 5.54 Å². The molecule has 2 aliphatic heterocycles. The number of ether oxygens (including phenoxy) is 1. The number of nitrogens with zero attached hydrogens (tertiary/aromatic N) is 5. The highest BCUT2D eigenvalue weighted by Gasteiger charge is 2.60. The number of fused-ring (bicyclic) bond motifs is 2. The fourth-order valence-corrected chi connectivity index (χ4v) is 5.34. The second-order valence-corrected chi connectivity index (χ2v) is 9.78. The van der Waals surface area contributed by atoms with Crippen LogP contribution in [0.3, 0.4) is 0 Å². The molecule has 36 heavy (non-hydrogen) atoms. The van der Waals surface area contributed by atoms with Gasteiger partial charge in [0.2, 0.25) is 0 Å². The van der Waals surface area contributed by atoms with E-state index in [1.54, 1.807) is 30.6 Å². The third-order valence-electron chi connectivity index (χ3n) is 6.95. The summed E-state index contributed by atoms with van der Waals surface area (Å²) in [5, 5.41) is 0. The molecule has 186 valence electrons. The normalized spacial score (nSPS) is 19.4. The molecule has 2 aromatic heterocycles. The molecule has 0 bridgehead atoms. The van der Waals surface area contributed by atoms with Crippen LogP contribution in [0.15, 0.2) is 67.1 Å². The standard InChI is InChI=1S/C28H31N5O3/c1-20(2)17-31-14-11-28(24-10-9-23(36-3)15-25(24)31)26(34)32(19-22-8-4-5-13-30-22)27(35)33(28)18-21-7-6-12-29-16-21/h4-10,12-13,15-16,20H,11,14,17-19H2,1-3H3. The number of urea groups is 1. The molecule has 8 nitrogen and oxygen atoms in total. The Morgan fingerprint density at radius 2 is 1.92 bits per heavy atom. The molecule has 0 radical (unpaired) electrons. The number of imide groups is 1. The Kier molecular flexibility index (Phi) is 6.35. The molecule has 3 amide bonds. The summed E-state index contributed by atoms with van der Waals surface area (Å²) < 4.78 is 5.54. The van der Waals surface area contributed by atoms with Crippen molar-refractivity contribution < 1.29 is 14.3 Å². The molecule has 1 saturated heterocycles. The number of anilines is 1. The van der Waals surface area contributed by atoms with Crippen molar-refractivity contribution in [3.8, 4) is 5.75 Å². The number of hydrogen-bond donors (Lipinski definition) is 0. The predicted octanol–water partition coefficient (Wildman–Crippen LogP) is 4.21. The SMILES string of the molecule is COc1ccc2c(c1)N(CC(C)C)CCC21C(=O)N(Cc2ccccn2)C(=O)N1Cc1cccnc1. The lowest BCUT2D eigenvalue weighted by Crippen LogP contribution is -2.53. The van der Waals surface area contributed by atoms with E-state index in [2.05, 4.69) is 28.7 Å². The van der Waals surface area contributed by atoms with Gasteiger partial charge in [0.25, 0.3) is 5.91 Å². The van der Waals surface area contributed by atoms with E-state index in [9.17, 15) is 9.59 Å². The van der Waals surface area contributed by atoms with Gasteiger partial charge in [0, 0.05) is 55.4 Å². The monoisotopic (exact) mass is 485 g/mol. The van der Waals surface area contributed by atoms with Gasteiger partial charge in [0.05, 0.1) is 25.9 Å². The van der Waals surface area contributed by atoms with Crippen LogP contribution < -0.4 is 9.64 Å². The van der Waals surface area contributed by atoms with Crippen molar-refractivity contribution in [2.45, 2.75) is 38.9 Å². The maximum absolute atomic E-state index is 14.3. The van der Waals surface area contributed by atoms with Crippen LogP contribution in [0.25, 0.3) is 0 Å². The number of amides is 3. The van der Waals surface area contributed by atoms with Crippen LogP contribution in [-0.2, 0) is 23.4 Å². The van der Waals surface area contributed by atoms with Gasteiger partial charge < -0.3 is 14.5 Å². The molecule has 4 heterocycles. The van der Waals surface area contributed by atoms with Crippen molar-refractivity contribution in [2.75, 3.05) is 25.1 Å². The van der Waals surface area contributed by atoms with E-state index in [1.807, 2.05) is 48.5 Å². The second-order valence-electron chi connectivity index (χ2n) is 9.78. The van der Waals surface area contributed by atoms with Crippen LogP contribution in [0.5, 0.6) is 5.75 Å². The molecule has 1 aromatic carbocycles. The molecule has 5 rings (SSSR count). The minimum atomic E-state index is -1.11. The average Bonchev–Trinajstić information content (AvgIpc) is 3.08. The summed E-state index contributed by atoms with van der Waals surface area (Å²) in [6.07, 6.45) is 5.63. The third kappa shape index (κ3) is 4.06. The summed E-state index contributed by atoms with van der Waals surface area (Å²) in [6.45, 7) is 6.27. The number of methoxy groups -OCH3 is 1. The number of rotatable bonds is 7. The van der Waals surface area contributed by atoms with Gasteiger partial charge in [-0.15, -0.1) is 0 Å². The zero-order valence-corrected chi connectivity index (χ0v) is 20.9. The minimum Gasteiger partial charge on any atom is -0.497 e. The van der Waals surface area contributed by atoms with Crippen LogP contribution in [0, 0.1) is 5.92 Å². The molecular formula is C28H31N5O3. The Labute approximate surface area is 211 Å². The quantitative estimate of drug-likeness (QED) is 0.467. The lowest BCUT2D eigenvalue weighted by molar-refractivity contribution is -0.134. The summed E-state index contributed by atoms with van der Waals surface area (Å²) in [4.78, 5) is 42.2. The molecule has 8 heteroatoms. The number of aromatic nitrogens is 2. The van der Waals surface area contributed by atoms with Gasteiger partial charge in [-0.3, -0.25) is 19.7 Å². The van der Waals surface area contributed by atoms with E-state index in [4.69, 9.17) is 4.74 Å². The first-order valence-electron chi connectivity index (χ1n) is 12.3. The molecule has 1 spiro atoms. The summed E-state index contributed by atoms with van der Waals surface area (Å²) in [5.74, 6) is 0.948. The topological polar surface area (TPSA) is 78.9 Å². The molecule has 2 aliphatic rings. The van der Waals surface area contributed by atoms with E-state index in [1.165, 1.54) is 4.90 Å². The molecule has 0 N–H and O–H groups in total. The number of hydrogen-bond acceptors (Lipinski definition) is 6. The van der Waals surface area contributed by atoms with E-state index in [0.29, 0.717) is 24.6 Å². The van der Waals surface area contributed by atoms with Crippen LogP contribution in [0.4, 0.5) is 10.5 Å². The molecular weight excluding hydrogens is 454 g/mol. The fraction of sp³-hybridized carbons (Fsp3) is 0.357. The smallest absolute Gasteiger partial charge is 0.328 e. The predicted molar refractivity (Wildman–Crippen MR) is 136 cm³/mol. The Morgan fingerprint density at radius 1 is 1.06 bits per heavy atom. The van der Waals surface area contributed by atoms with Gasteiger partial charge in [0.1, 0.15) is 5.75 Å². The number of pyridine rings is 2. The molecule has 1 fully saturated rings. The van der Waals surface area contributed by atoms with Gasteiger partial charge in [-0.2, -0.15) is 0 Å². The maximum atomic E-state index is 14.3. The van der Waals surface area contributed by atoms with Gasteiger partial charge in [-0.05, 0) is 35.7 Å². The van der Waals surface area contributed by atoms with Crippen LogP contribution in [0.1, 0.15) is 37.1 Å². The van der Waals surface area contributed by atoms with Gasteiger partial charge >= 0.3 is 6.03 Å². The van der Waals surface area contributed by atoms with Crippen molar-refractivity contribution in [3.05, 3.63) is 83.9 Å².